The molecule has 1 aromatic carbocycles. The molecule has 0 aliphatic heterocycles. The van der Waals surface area contributed by atoms with Crippen LogP contribution >= 0.6 is 15.9 Å². The lowest BCUT2D eigenvalue weighted by molar-refractivity contribution is 0.414. The molecule has 1 aliphatic rings. The van der Waals surface area contributed by atoms with Crippen molar-refractivity contribution >= 4 is 15.9 Å². The van der Waals surface area contributed by atoms with Crippen LogP contribution in [0.4, 0.5) is 0 Å². The van der Waals surface area contributed by atoms with Gasteiger partial charge in [0.15, 0.2) is 0 Å². The Morgan fingerprint density at radius 2 is 2.00 bits per heavy atom. The van der Waals surface area contributed by atoms with E-state index >= 15 is 0 Å². The first kappa shape index (κ1) is 14.6. The highest BCUT2D eigenvalue weighted by atomic mass is 79.9. The van der Waals surface area contributed by atoms with Crippen molar-refractivity contribution in [3.05, 3.63) is 39.9 Å². The van der Waals surface area contributed by atoms with Crippen LogP contribution < -0.4 is 10.5 Å². The number of hydrogen-bond donors (Lipinski definition) is 1. The van der Waals surface area contributed by atoms with Gasteiger partial charge in [0.2, 0.25) is 0 Å². The third kappa shape index (κ3) is 3.83. The van der Waals surface area contributed by atoms with Crippen molar-refractivity contribution in [3.63, 3.8) is 0 Å². The number of hydrogen-bond acceptors (Lipinski definition) is 2. The molecule has 0 radical (unpaired) electrons. The Labute approximate surface area is 124 Å². The van der Waals surface area contributed by atoms with Gasteiger partial charge in [-0.15, -0.1) is 0 Å². The van der Waals surface area contributed by atoms with E-state index in [-0.39, 0.29) is 6.04 Å². The van der Waals surface area contributed by atoms with E-state index in [1.54, 1.807) is 7.11 Å². The van der Waals surface area contributed by atoms with Crippen molar-refractivity contribution in [2.24, 2.45) is 5.73 Å². The maximum absolute atomic E-state index is 6.46. The monoisotopic (exact) mass is 323 g/mol. The highest BCUT2D eigenvalue weighted by Crippen LogP contribution is 2.33. The Morgan fingerprint density at radius 3 is 2.79 bits per heavy atom. The molecule has 0 heterocycles. The van der Waals surface area contributed by atoms with E-state index in [0.717, 1.165) is 28.6 Å². The van der Waals surface area contributed by atoms with Crippen molar-refractivity contribution in [2.45, 2.75) is 44.6 Å². The Hall–Kier alpha value is -0.800. The van der Waals surface area contributed by atoms with Gasteiger partial charge in [-0.05, 0) is 49.4 Å². The van der Waals surface area contributed by atoms with Gasteiger partial charge in [0.1, 0.15) is 5.75 Å². The smallest absolute Gasteiger partial charge is 0.119 e. The van der Waals surface area contributed by atoms with Crippen molar-refractivity contribution in [3.8, 4) is 5.75 Å². The second-order valence-electron chi connectivity index (χ2n) is 5.10. The standard InChI is InChI=1S/C16H22BrNO/c1-19-13-9-10-15(17)14(11-13)16(18)12-7-5-3-2-4-6-8-12/h7,9-11,16H,2-6,8,18H2,1H3/b12-7+. The number of benzene rings is 1. The third-order valence-electron chi connectivity index (χ3n) is 3.76. The van der Waals surface area contributed by atoms with Crippen LogP contribution in [0.15, 0.2) is 34.3 Å². The molecule has 0 saturated heterocycles. The molecule has 0 spiro atoms. The van der Waals surface area contributed by atoms with Crippen LogP contribution in [0.3, 0.4) is 0 Å². The highest BCUT2D eigenvalue weighted by Gasteiger charge is 2.16. The second-order valence-corrected chi connectivity index (χ2v) is 5.95. The summed E-state index contributed by atoms with van der Waals surface area (Å²) in [6.07, 6.45) is 9.83. The molecular formula is C16H22BrNO. The Balaban J connectivity index is 2.24. The fourth-order valence-corrected chi connectivity index (χ4v) is 3.08. The molecule has 0 bridgehead atoms. The van der Waals surface area contributed by atoms with Crippen LogP contribution in [0.1, 0.15) is 50.1 Å². The molecule has 2 rings (SSSR count). The minimum absolute atomic E-state index is 0.0254. The van der Waals surface area contributed by atoms with Gasteiger partial charge in [-0.2, -0.15) is 0 Å². The minimum atomic E-state index is -0.0254. The quantitative estimate of drug-likeness (QED) is 0.815. The summed E-state index contributed by atoms with van der Waals surface area (Å²) < 4.78 is 6.36. The van der Waals surface area contributed by atoms with E-state index in [1.807, 2.05) is 18.2 Å². The topological polar surface area (TPSA) is 35.2 Å². The number of methoxy groups -OCH3 is 1. The van der Waals surface area contributed by atoms with Gasteiger partial charge >= 0.3 is 0 Å². The maximum atomic E-state index is 6.46. The molecule has 0 aromatic heterocycles. The zero-order chi connectivity index (χ0) is 13.7. The fourth-order valence-electron chi connectivity index (χ4n) is 2.59. The highest BCUT2D eigenvalue weighted by molar-refractivity contribution is 9.10. The summed E-state index contributed by atoms with van der Waals surface area (Å²) in [5.41, 5.74) is 8.95. The van der Waals surface area contributed by atoms with Gasteiger partial charge < -0.3 is 10.5 Å². The molecule has 0 amide bonds. The largest absolute Gasteiger partial charge is 0.497 e. The molecule has 2 nitrogen and oxygen atoms in total. The molecule has 1 unspecified atom stereocenters. The summed E-state index contributed by atoms with van der Waals surface area (Å²) >= 11 is 3.60. The van der Waals surface area contributed by atoms with Crippen molar-refractivity contribution in [1.82, 2.24) is 0 Å². The predicted octanol–water partition coefficient (Wildman–Crippen LogP) is 4.74. The van der Waals surface area contributed by atoms with Gasteiger partial charge in [0.25, 0.3) is 0 Å². The number of nitrogens with two attached hydrogens (primary N) is 1. The van der Waals surface area contributed by atoms with Crippen LogP contribution in [0.25, 0.3) is 0 Å². The van der Waals surface area contributed by atoms with E-state index in [2.05, 4.69) is 22.0 Å². The molecule has 1 aromatic rings. The lowest BCUT2D eigenvalue weighted by Gasteiger charge is -2.20. The molecule has 3 heteroatoms. The first-order valence-electron chi connectivity index (χ1n) is 7.00. The molecule has 1 aliphatic carbocycles. The average molecular weight is 324 g/mol. The summed E-state index contributed by atoms with van der Waals surface area (Å²) in [5, 5.41) is 0. The van der Waals surface area contributed by atoms with Crippen LogP contribution in [-0.4, -0.2) is 7.11 Å². The van der Waals surface area contributed by atoms with E-state index in [1.165, 1.54) is 31.3 Å². The Bertz CT molecular complexity index is 456. The first-order chi connectivity index (χ1) is 9.22. The molecule has 19 heavy (non-hydrogen) atoms. The van der Waals surface area contributed by atoms with Crippen molar-refractivity contribution in [1.29, 1.82) is 0 Å². The fraction of sp³-hybridized carbons (Fsp3) is 0.500. The number of allylic oxidation sites excluding steroid dienone is 1. The van der Waals surface area contributed by atoms with Crippen LogP contribution in [-0.2, 0) is 0 Å². The molecule has 2 N–H and O–H groups in total. The Morgan fingerprint density at radius 1 is 1.21 bits per heavy atom. The molecule has 104 valence electrons. The first-order valence-corrected chi connectivity index (χ1v) is 7.79. The third-order valence-corrected chi connectivity index (χ3v) is 4.49. The maximum Gasteiger partial charge on any atom is 0.119 e. The number of rotatable bonds is 3. The second kappa shape index (κ2) is 7.11. The minimum Gasteiger partial charge on any atom is -0.497 e. The lowest BCUT2D eigenvalue weighted by atomic mass is 9.91. The van der Waals surface area contributed by atoms with Gasteiger partial charge in [0.05, 0.1) is 13.2 Å². The predicted molar refractivity (Wildman–Crippen MR) is 83.4 cm³/mol. The van der Waals surface area contributed by atoms with Crippen LogP contribution in [0.5, 0.6) is 5.75 Å². The summed E-state index contributed by atoms with van der Waals surface area (Å²) in [6, 6.07) is 5.97. The van der Waals surface area contributed by atoms with Crippen LogP contribution in [0.2, 0.25) is 0 Å². The molecule has 0 fully saturated rings. The summed E-state index contributed by atoms with van der Waals surface area (Å²) in [4.78, 5) is 0. The zero-order valence-electron chi connectivity index (χ0n) is 11.5. The van der Waals surface area contributed by atoms with Crippen molar-refractivity contribution < 1.29 is 4.74 Å². The van der Waals surface area contributed by atoms with Gasteiger partial charge in [-0.25, -0.2) is 0 Å². The normalized spacial score (nSPS) is 20.9. The van der Waals surface area contributed by atoms with Gasteiger partial charge in [-0.3, -0.25) is 0 Å². The molecule has 0 saturated carbocycles. The number of ether oxygens (including phenoxy) is 1. The van der Waals surface area contributed by atoms with Gasteiger partial charge in [0, 0.05) is 4.47 Å². The average Bonchev–Trinajstić information content (AvgIpc) is 2.38. The van der Waals surface area contributed by atoms with Crippen LogP contribution in [0, 0.1) is 0 Å². The SMILES string of the molecule is COc1ccc(Br)c(C(N)/C2=C/CCCCCC2)c1. The lowest BCUT2D eigenvalue weighted by Crippen LogP contribution is -2.15. The summed E-state index contributed by atoms with van der Waals surface area (Å²) in [5.74, 6) is 0.861. The molecule has 1 atom stereocenters. The summed E-state index contributed by atoms with van der Waals surface area (Å²) in [7, 11) is 1.69. The molecular weight excluding hydrogens is 302 g/mol. The zero-order valence-corrected chi connectivity index (χ0v) is 13.1. The van der Waals surface area contributed by atoms with E-state index in [9.17, 15) is 0 Å². The summed E-state index contributed by atoms with van der Waals surface area (Å²) in [6.45, 7) is 0. The van der Waals surface area contributed by atoms with E-state index in [0.29, 0.717) is 0 Å². The van der Waals surface area contributed by atoms with Gasteiger partial charge in [-0.1, -0.05) is 40.4 Å². The number of halogens is 1. The van der Waals surface area contributed by atoms with E-state index in [4.69, 9.17) is 10.5 Å². The Kier molecular flexibility index (Phi) is 5.46. The van der Waals surface area contributed by atoms with Crippen molar-refractivity contribution in [2.75, 3.05) is 7.11 Å². The van der Waals surface area contributed by atoms with E-state index < -0.39 is 0 Å².